The predicted molar refractivity (Wildman–Crippen MR) is 100 cm³/mol. The van der Waals surface area contributed by atoms with Crippen LogP contribution in [0.3, 0.4) is 0 Å². The summed E-state index contributed by atoms with van der Waals surface area (Å²) in [5.41, 5.74) is 2.79. The standard InChI is InChI=1S/C18H23ClN4O/c1-13-15(19)6-4-7-16(13)22-18(24)17-12-14(8-10-21-17)20-9-5-11-23(2)3/h4,6-8,10,12H,5,9,11H2,1-3H3,(H,20,21)(H,22,24). The van der Waals surface area contributed by atoms with Crippen molar-refractivity contribution in [1.82, 2.24) is 9.88 Å². The van der Waals surface area contributed by atoms with Crippen molar-refractivity contribution in [2.45, 2.75) is 13.3 Å². The maximum absolute atomic E-state index is 12.4. The highest BCUT2D eigenvalue weighted by molar-refractivity contribution is 6.31. The molecule has 1 aromatic carbocycles. The van der Waals surface area contributed by atoms with Gasteiger partial charge in [-0.15, -0.1) is 0 Å². The maximum atomic E-state index is 12.4. The fraction of sp³-hybridized carbons (Fsp3) is 0.333. The first-order valence-corrected chi connectivity index (χ1v) is 8.26. The summed E-state index contributed by atoms with van der Waals surface area (Å²) < 4.78 is 0. The van der Waals surface area contributed by atoms with Gasteiger partial charge in [0.25, 0.3) is 5.91 Å². The summed E-state index contributed by atoms with van der Waals surface area (Å²) in [5, 5.41) is 6.79. The molecule has 0 saturated heterocycles. The Balaban J connectivity index is 1.99. The third-order valence-corrected chi connectivity index (χ3v) is 4.03. The molecular weight excluding hydrogens is 324 g/mol. The monoisotopic (exact) mass is 346 g/mol. The Morgan fingerprint density at radius 1 is 1.29 bits per heavy atom. The average molecular weight is 347 g/mol. The number of halogens is 1. The van der Waals surface area contributed by atoms with Gasteiger partial charge in [0.15, 0.2) is 0 Å². The van der Waals surface area contributed by atoms with E-state index in [9.17, 15) is 4.79 Å². The first-order chi connectivity index (χ1) is 11.5. The SMILES string of the molecule is Cc1c(Cl)cccc1NC(=O)c1cc(NCCCN(C)C)ccn1. The maximum Gasteiger partial charge on any atom is 0.274 e. The Kier molecular flexibility index (Phi) is 6.58. The first kappa shape index (κ1) is 18.2. The fourth-order valence-electron chi connectivity index (χ4n) is 2.22. The van der Waals surface area contributed by atoms with Gasteiger partial charge in [-0.25, -0.2) is 0 Å². The van der Waals surface area contributed by atoms with Gasteiger partial charge in [0, 0.05) is 29.1 Å². The number of rotatable bonds is 7. The number of amides is 1. The Morgan fingerprint density at radius 2 is 2.08 bits per heavy atom. The van der Waals surface area contributed by atoms with Crippen LogP contribution in [0, 0.1) is 6.92 Å². The Morgan fingerprint density at radius 3 is 2.83 bits per heavy atom. The summed E-state index contributed by atoms with van der Waals surface area (Å²) in [6, 6.07) is 9.04. The number of nitrogens with zero attached hydrogens (tertiary/aromatic N) is 2. The summed E-state index contributed by atoms with van der Waals surface area (Å²) in [5.74, 6) is -0.252. The molecule has 0 fully saturated rings. The average Bonchev–Trinajstić information content (AvgIpc) is 2.56. The second-order valence-corrected chi connectivity index (χ2v) is 6.29. The molecule has 0 unspecified atom stereocenters. The number of carbonyl (C=O) groups excluding carboxylic acids is 1. The molecule has 0 atom stereocenters. The van der Waals surface area contributed by atoms with E-state index in [4.69, 9.17) is 11.6 Å². The number of hydrogen-bond acceptors (Lipinski definition) is 4. The van der Waals surface area contributed by atoms with Gasteiger partial charge in [0.1, 0.15) is 5.69 Å². The molecule has 0 spiro atoms. The number of aromatic nitrogens is 1. The number of benzene rings is 1. The van der Waals surface area contributed by atoms with Gasteiger partial charge in [-0.1, -0.05) is 17.7 Å². The van der Waals surface area contributed by atoms with Crippen molar-refractivity contribution in [2.24, 2.45) is 0 Å². The third kappa shape index (κ3) is 5.22. The largest absolute Gasteiger partial charge is 0.385 e. The molecule has 2 N–H and O–H groups in total. The highest BCUT2D eigenvalue weighted by atomic mass is 35.5. The normalized spacial score (nSPS) is 10.7. The van der Waals surface area contributed by atoms with E-state index in [0.717, 1.165) is 30.8 Å². The molecule has 0 radical (unpaired) electrons. The molecule has 1 aromatic heterocycles. The van der Waals surface area contributed by atoms with E-state index in [1.165, 1.54) is 0 Å². The van der Waals surface area contributed by atoms with Gasteiger partial charge in [0.05, 0.1) is 0 Å². The van der Waals surface area contributed by atoms with Crippen LogP contribution in [-0.4, -0.2) is 43.0 Å². The zero-order chi connectivity index (χ0) is 17.5. The van der Waals surface area contributed by atoms with Crippen LogP contribution in [0.2, 0.25) is 5.02 Å². The van der Waals surface area contributed by atoms with Crippen LogP contribution in [-0.2, 0) is 0 Å². The van der Waals surface area contributed by atoms with Gasteiger partial charge in [-0.05, 0) is 63.8 Å². The number of carbonyl (C=O) groups is 1. The van der Waals surface area contributed by atoms with Gasteiger partial charge in [-0.2, -0.15) is 0 Å². The molecule has 128 valence electrons. The molecule has 24 heavy (non-hydrogen) atoms. The van der Waals surface area contributed by atoms with Crippen molar-refractivity contribution in [1.29, 1.82) is 0 Å². The van der Waals surface area contributed by atoms with Crippen LogP contribution in [0.4, 0.5) is 11.4 Å². The second-order valence-electron chi connectivity index (χ2n) is 5.88. The minimum Gasteiger partial charge on any atom is -0.385 e. The Bertz CT molecular complexity index is 703. The molecular formula is C18H23ClN4O. The van der Waals surface area contributed by atoms with Gasteiger partial charge in [-0.3, -0.25) is 9.78 Å². The molecule has 5 nitrogen and oxygen atoms in total. The summed E-state index contributed by atoms with van der Waals surface area (Å²) in [7, 11) is 4.10. The van der Waals surface area contributed by atoms with Crippen molar-refractivity contribution in [3.63, 3.8) is 0 Å². The molecule has 0 aliphatic rings. The zero-order valence-electron chi connectivity index (χ0n) is 14.3. The predicted octanol–water partition coefficient (Wildman–Crippen LogP) is 3.66. The third-order valence-electron chi connectivity index (χ3n) is 3.62. The fourth-order valence-corrected chi connectivity index (χ4v) is 2.40. The molecule has 1 amide bonds. The molecule has 0 saturated carbocycles. The van der Waals surface area contributed by atoms with Crippen LogP contribution in [0.5, 0.6) is 0 Å². The lowest BCUT2D eigenvalue weighted by molar-refractivity contribution is 0.102. The van der Waals surface area contributed by atoms with Crippen LogP contribution >= 0.6 is 11.6 Å². The molecule has 0 aliphatic carbocycles. The first-order valence-electron chi connectivity index (χ1n) is 7.88. The summed E-state index contributed by atoms with van der Waals surface area (Å²) in [4.78, 5) is 18.7. The van der Waals surface area contributed by atoms with E-state index in [1.807, 2.05) is 33.2 Å². The smallest absolute Gasteiger partial charge is 0.274 e. The lowest BCUT2D eigenvalue weighted by atomic mass is 10.2. The van der Waals surface area contributed by atoms with Crippen molar-refractivity contribution < 1.29 is 4.79 Å². The molecule has 0 bridgehead atoms. The summed E-state index contributed by atoms with van der Waals surface area (Å²) in [6.07, 6.45) is 2.66. The second kappa shape index (κ2) is 8.66. The molecule has 6 heteroatoms. The number of pyridine rings is 1. The van der Waals surface area contributed by atoms with E-state index in [2.05, 4.69) is 20.5 Å². The van der Waals surface area contributed by atoms with Crippen LogP contribution in [0.1, 0.15) is 22.5 Å². The van der Waals surface area contributed by atoms with E-state index < -0.39 is 0 Å². The Labute approximate surface area is 148 Å². The molecule has 2 rings (SSSR count). The van der Waals surface area contributed by atoms with E-state index >= 15 is 0 Å². The molecule has 2 aromatic rings. The lowest BCUT2D eigenvalue weighted by Gasteiger charge is -2.12. The Hall–Kier alpha value is -2.11. The molecule has 1 heterocycles. The summed E-state index contributed by atoms with van der Waals surface area (Å²) >= 11 is 6.08. The highest BCUT2D eigenvalue weighted by Crippen LogP contribution is 2.23. The van der Waals surface area contributed by atoms with Crippen molar-refractivity contribution >= 4 is 28.9 Å². The topological polar surface area (TPSA) is 57.3 Å². The van der Waals surface area contributed by atoms with Crippen molar-refractivity contribution in [2.75, 3.05) is 37.8 Å². The summed E-state index contributed by atoms with van der Waals surface area (Å²) in [6.45, 7) is 3.73. The van der Waals surface area contributed by atoms with Crippen LogP contribution in [0.25, 0.3) is 0 Å². The quantitative estimate of drug-likeness (QED) is 0.751. The van der Waals surface area contributed by atoms with Crippen molar-refractivity contribution in [3.8, 4) is 0 Å². The van der Waals surface area contributed by atoms with E-state index in [-0.39, 0.29) is 5.91 Å². The minimum atomic E-state index is -0.252. The highest BCUT2D eigenvalue weighted by Gasteiger charge is 2.11. The van der Waals surface area contributed by atoms with Gasteiger partial charge < -0.3 is 15.5 Å². The number of nitrogens with one attached hydrogen (secondary N) is 2. The van der Waals surface area contributed by atoms with Gasteiger partial charge in [0.2, 0.25) is 0 Å². The lowest BCUT2D eigenvalue weighted by Crippen LogP contribution is -2.17. The van der Waals surface area contributed by atoms with E-state index in [0.29, 0.717) is 16.4 Å². The van der Waals surface area contributed by atoms with Crippen LogP contribution in [0.15, 0.2) is 36.5 Å². The van der Waals surface area contributed by atoms with E-state index in [1.54, 1.807) is 24.4 Å². The number of anilines is 2. The van der Waals surface area contributed by atoms with Gasteiger partial charge >= 0.3 is 0 Å². The van der Waals surface area contributed by atoms with Crippen molar-refractivity contribution in [3.05, 3.63) is 52.8 Å². The zero-order valence-corrected chi connectivity index (χ0v) is 15.0. The molecule has 0 aliphatic heterocycles. The minimum absolute atomic E-state index is 0.252. The van der Waals surface area contributed by atoms with Crippen LogP contribution < -0.4 is 10.6 Å². The number of hydrogen-bond donors (Lipinski definition) is 2.